The van der Waals surface area contributed by atoms with E-state index in [4.69, 9.17) is 5.11 Å². The fourth-order valence-electron chi connectivity index (χ4n) is 1.98. The average Bonchev–Trinajstić information content (AvgIpc) is 2.43. The van der Waals surface area contributed by atoms with E-state index in [1.54, 1.807) is 0 Å². The Morgan fingerprint density at radius 2 is 2.14 bits per heavy atom. The molecule has 0 aliphatic carbocycles. The number of amides is 3. The van der Waals surface area contributed by atoms with Crippen molar-refractivity contribution in [2.75, 3.05) is 11.9 Å². The third-order valence-corrected chi connectivity index (χ3v) is 3.71. The van der Waals surface area contributed by atoms with Crippen molar-refractivity contribution in [2.24, 2.45) is 0 Å². The topological polar surface area (TPSA) is 108 Å². The highest BCUT2D eigenvalue weighted by atomic mass is 79.9. The summed E-state index contributed by atoms with van der Waals surface area (Å²) in [7, 11) is 0. The summed E-state index contributed by atoms with van der Waals surface area (Å²) in [4.78, 5) is 34.2. The van der Waals surface area contributed by atoms with Crippen LogP contribution in [0.25, 0.3) is 0 Å². The highest BCUT2D eigenvalue weighted by molar-refractivity contribution is 9.10. The van der Waals surface area contributed by atoms with Crippen LogP contribution >= 0.6 is 15.9 Å². The van der Waals surface area contributed by atoms with Crippen LogP contribution in [-0.4, -0.2) is 35.6 Å². The van der Waals surface area contributed by atoms with Crippen molar-refractivity contribution in [2.45, 2.75) is 18.9 Å². The smallest absolute Gasteiger partial charge is 0.335 e. The van der Waals surface area contributed by atoms with Gasteiger partial charge in [0, 0.05) is 11.0 Å². The van der Waals surface area contributed by atoms with Crippen molar-refractivity contribution in [1.29, 1.82) is 0 Å². The number of piperidine rings is 1. The highest BCUT2D eigenvalue weighted by Gasteiger charge is 2.23. The number of aromatic carboxylic acids is 1. The van der Waals surface area contributed by atoms with E-state index in [9.17, 15) is 14.4 Å². The van der Waals surface area contributed by atoms with E-state index in [1.165, 1.54) is 18.2 Å². The van der Waals surface area contributed by atoms with Gasteiger partial charge in [-0.3, -0.25) is 4.79 Å². The van der Waals surface area contributed by atoms with Crippen LogP contribution in [0.3, 0.4) is 0 Å². The quantitative estimate of drug-likeness (QED) is 0.659. The first-order valence-electron chi connectivity index (χ1n) is 6.35. The number of halogens is 1. The maximum Gasteiger partial charge on any atom is 0.335 e. The molecular formula is C13H14BrN3O4. The van der Waals surface area contributed by atoms with Crippen molar-refractivity contribution in [3.63, 3.8) is 0 Å². The molecule has 1 aromatic carbocycles. The molecule has 1 unspecified atom stereocenters. The Morgan fingerprint density at radius 3 is 2.76 bits per heavy atom. The van der Waals surface area contributed by atoms with Gasteiger partial charge in [-0.05, 0) is 47.0 Å². The maximum absolute atomic E-state index is 11.9. The number of hydrogen-bond donors (Lipinski definition) is 4. The van der Waals surface area contributed by atoms with Gasteiger partial charge in [-0.1, -0.05) is 0 Å². The molecule has 0 saturated carbocycles. The second-order valence-electron chi connectivity index (χ2n) is 4.58. The SMILES string of the molecule is O=C(Nc1ccc(C(=O)O)cc1Br)NC1CCCNC1=O. The fraction of sp³-hybridized carbons (Fsp3) is 0.308. The molecule has 0 bridgehead atoms. The van der Waals surface area contributed by atoms with Crippen LogP contribution in [0.2, 0.25) is 0 Å². The number of carbonyl (C=O) groups is 3. The molecule has 7 nitrogen and oxygen atoms in total. The molecule has 1 aliphatic rings. The Hall–Kier alpha value is -2.09. The Labute approximate surface area is 129 Å². The predicted molar refractivity (Wildman–Crippen MR) is 79.3 cm³/mol. The molecule has 112 valence electrons. The summed E-state index contributed by atoms with van der Waals surface area (Å²) < 4.78 is 0.450. The summed E-state index contributed by atoms with van der Waals surface area (Å²) >= 11 is 3.20. The van der Waals surface area contributed by atoms with E-state index < -0.39 is 18.0 Å². The molecule has 3 amide bonds. The van der Waals surface area contributed by atoms with Crippen LogP contribution in [0.4, 0.5) is 10.5 Å². The van der Waals surface area contributed by atoms with E-state index in [0.717, 1.165) is 6.42 Å². The number of urea groups is 1. The van der Waals surface area contributed by atoms with Gasteiger partial charge >= 0.3 is 12.0 Å². The minimum absolute atomic E-state index is 0.111. The van der Waals surface area contributed by atoms with Gasteiger partial charge in [0.1, 0.15) is 6.04 Å². The molecule has 1 aliphatic heterocycles. The molecule has 1 fully saturated rings. The van der Waals surface area contributed by atoms with Crippen LogP contribution in [0, 0.1) is 0 Å². The number of carboxylic acids is 1. The number of hydrogen-bond acceptors (Lipinski definition) is 3. The molecule has 8 heteroatoms. The molecule has 1 heterocycles. The molecule has 0 radical (unpaired) electrons. The van der Waals surface area contributed by atoms with E-state index in [0.29, 0.717) is 23.1 Å². The number of carboxylic acid groups (broad SMARTS) is 1. The summed E-state index contributed by atoms with van der Waals surface area (Å²) in [5.74, 6) is -1.25. The van der Waals surface area contributed by atoms with Crippen molar-refractivity contribution >= 4 is 39.5 Å². The van der Waals surface area contributed by atoms with Crippen LogP contribution in [0.15, 0.2) is 22.7 Å². The maximum atomic E-state index is 11.9. The second kappa shape index (κ2) is 6.57. The molecule has 2 rings (SSSR count). The van der Waals surface area contributed by atoms with Crippen LogP contribution < -0.4 is 16.0 Å². The zero-order chi connectivity index (χ0) is 15.4. The lowest BCUT2D eigenvalue weighted by molar-refractivity contribution is -0.124. The van der Waals surface area contributed by atoms with E-state index in [-0.39, 0.29) is 11.5 Å². The lowest BCUT2D eigenvalue weighted by atomic mass is 10.1. The van der Waals surface area contributed by atoms with Crippen molar-refractivity contribution in [3.05, 3.63) is 28.2 Å². The summed E-state index contributed by atoms with van der Waals surface area (Å²) in [6.07, 6.45) is 1.41. The fourth-order valence-corrected chi connectivity index (χ4v) is 2.45. The Balaban J connectivity index is 1.99. The standard InChI is InChI=1S/C13H14BrN3O4/c14-8-6-7(12(19)20)3-4-9(8)16-13(21)17-10-2-1-5-15-11(10)18/h3-4,6,10H,1-2,5H2,(H,15,18)(H,19,20)(H2,16,17,21). The first-order valence-corrected chi connectivity index (χ1v) is 7.15. The van der Waals surface area contributed by atoms with Crippen molar-refractivity contribution < 1.29 is 19.5 Å². The zero-order valence-corrected chi connectivity index (χ0v) is 12.6. The minimum Gasteiger partial charge on any atom is -0.478 e. The lowest BCUT2D eigenvalue weighted by Gasteiger charge is -2.23. The third kappa shape index (κ3) is 3.94. The molecule has 0 spiro atoms. The summed E-state index contributed by atoms with van der Waals surface area (Å²) in [6.45, 7) is 0.626. The molecular weight excluding hydrogens is 342 g/mol. The minimum atomic E-state index is -1.05. The van der Waals surface area contributed by atoms with Gasteiger partial charge in [0.05, 0.1) is 11.3 Å². The Morgan fingerprint density at radius 1 is 1.38 bits per heavy atom. The van der Waals surface area contributed by atoms with Gasteiger partial charge in [0.25, 0.3) is 0 Å². The zero-order valence-electron chi connectivity index (χ0n) is 11.0. The van der Waals surface area contributed by atoms with Gasteiger partial charge < -0.3 is 21.1 Å². The number of anilines is 1. The molecule has 1 atom stereocenters. The predicted octanol–water partition coefficient (Wildman–Crippen LogP) is 1.55. The van der Waals surface area contributed by atoms with Crippen molar-refractivity contribution in [3.8, 4) is 0 Å². The molecule has 1 aromatic rings. The number of rotatable bonds is 3. The Bertz CT molecular complexity index is 591. The van der Waals surface area contributed by atoms with Gasteiger partial charge in [-0.25, -0.2) is 9.59 Å². The molecule has 4 N–H and O–H groups in total. The van der Waals surface area contributed by atoms with Crippen molar-refractivity contribution in [1.82, 2.24) is 10.6 Å². The van der Waals surface area contributed by atoms with Crippen LogP contribution in [0.1, 0.15) is 23.2 Å². The highest BCUT2D eigenvalue weighted by Crippen LogP contribution is 2.23. The largest absolute Gasteiger partial charge is 0.478 e. The van der Waals surface area contributed by atoms with Gasteiger partial charge in [-0.2, -0.15) is 0 Å². The van der Waals surface area contributed by atoms with Gasteiger partial charge in [0.2, 0.25) is 5.91 Å². The Kier molecular flexibility index (Phi) is 4.79. The summed E-state index contributed by atoms with van der Waals surface area (Å²) in [6, 6.07) is 3.20. The van der Waals surface area contributed by atoms with E-state index in [2.05, 4.69) is 31.9 Å². The first kappa shape index (κ1) is 15.3. The number of carbonyl (C=O) groups excluding carboxylic acids is 2. The number of benzene rings is 1. The van der Waals surface area contributed by atoms with E-state index in [1.807, 2.05) is 0 Å². The summed E-state index contributed by atoms with van der Waals surface area (Å²) in [5.41, 5.74) is 0.535. The number of nitrogens with one attached hydrogen (secondary N) is 3. The van der Waals surface area contributed by atoms with Gasteiger partial charge in [0.15, 0.2) is 0 Å². The van der Waals surface area contributed by atoms with Crippen LogP contribution in [0.5, 0.6) is 0 Å². The average molecular weight is 356 g/mol. The first-order chi connectivity index (χ1) is 9.97. The monoisotopic (exact) mass is 355 g/mol. The molecule has 1 saturated heterocycles. The van der Waals surface area contributed by atoms with Gasteiger partial charge in [-0.15, -0.1) is 0 Å². The summed E-state index contributed by atoms with van der Waals surface area (Å²) in [5, 5.41) is 16.7. The van der Waals surface area contributed by atoms with Crippen LogP contribution in [-0.2, 0) is 4.79 Å². The normalized spacial score (nSPS) is 17.8. The third-order valence-electron chi connectivity index (χ3n) is 3.05. The molecule has 21 heavy (non-hydrogen) atoms. The van der Waals surface area contributed by atoms with E-state index >= 15 is 0 Å². The second-order valence-corrected chi connectivity index (χ2v) is 5.44. The lowest BCUT2D eigenvalue weighted by Crippen LogP contribution is -2.51. The molecule has 0 aromatic heterocycles.